The second kappa shape index (κ2) is 4.85. The second-order valence-corrected chi connectivity index (χ2v) is 5.89. The number of benzene rings is 1. The summed E-state index contributed by atoms with van der Waals surface area (Å²) < 4.78 is 7.65. The smallest absolute Gasteiger partial charge is 0.141 e. The third-order valence-electron chi connectivity index (χ3n) is 2.80. The fraction of sp³-hybridized carbons (Fsp3) is 0.0769. The van der Waals surface area contributed by atoms with Gasteiger partial charge in [-0.15, -0.1) is 11.3 Å². The Bertz CT molecular complexity index is 643. The molecule has 0 aliphatic rings. The van der Waals surface area contributed by atoms with Crippen LogP contribution in [0.2, 0.25) is 0 Å². The van der Waals surface area contributed by atoms with E-state index in [0.29, 0.717) is 0 Å². The van der Waals surface area contributed by atoms with Gasteiger partial charge in [0.1, 0.15) is 11.8 Å². The van der Waals surface area contributed by atoms with Crippen molar-refractivity contribution in [2.24, 2.45) is 5.84 Å². The average Bonchev–Trinajstić information content (AvgIpc) is 2.97. The summed E-state index contributed by atoms with van der Waals surface area (Å²) in [5, 5.41) is 1.22. The van der Waals surface area contributed by atoms with E-state index in [1.54, 1.807) is 17.6 Å². The van der Waals surface area contributed by atoms with E-state index < -0.39 is 0 Å². The van der Waals surface area contributed by atoms with Crippen molar-refractivity contribution in [1.82, 2.24) is 5.43 Å². The number of hydrogen-bond donors (Lipinski definition) is 2. The average molecular weight is 323 g/mol. The number of fused-ring (bicyclic) bond motifs is 1. The van der Waals surface area contributed by atoms with Gasteiger partial charge >= 0.3 is 0 Å². The van der Waals surface area contributed by atoms with Gasteiger partial charge in [-0.25, -0.2) is 5.43 Å². The fourth-order valence-corrected chi connectivity index (χ4v) is 3.50. The van der Waals surface area contributed by atoms with Crippen LogP contribution >= 0.6 is 27.3 Å². The molecule has 2 aromatic heterocycles. The maximum atomic E-state index is 5.66. The molecule has 1 aromatic carbocycles. The molecule has 0 fully saturated rings. The second-order valence-electron chi connectivity index (χ2n) is 3.92. The molecule has 0 saturated carbocycles. The Hall–Kier alpha value is -1.14. The van der Waals surface area contributed by atoms with E-state index in [-0.39, 0.29) is 6.04 Å². The van der Waals surface area contributed by atoms with Crippen molar-refractivity contribution in [3.63, 3.8) is 0 Å². The van der Waals surface area contributed by atoms with Crippen LogP contribution in [0.4, 0.5) is 0 Å². The van der Waals surface area contributed by atoms with E-state index in [1.807, 2.05) is 18.2 Å². The van der Waals surface area contributed by atoms with E-state index in [1.165, 1.54) is 10.1 Å². The van der Waals surface area contributed by atoms with Crippen LogP contribution in [0.5, 0.6) is 0 Å². The minimum absolute atomic E-state index is 0.133. The molecule has 0 radical (unpaired) electrons. The van der Waals surface area contributed by atoms with Crippen LogP contribution < -0.4 is 11.3 Å². The minimum atomic E-state index is -0.133. The van der Waals surface area contributed by atoms with Crippen molar-refractivity contribution < 1.29 is 4.42 Å². The highest BCUT2D eigenvalue weighted by Gasteiger charge is 2.20. The molecule has 2 heterocycles. The molecule has 0 aliphatic carbocycles. The van der Waals surface area contributed by atoms with Crippen molar-refractivity contribution in [3.05, 3.63) is 57.8 Å². The van der Waals surface area contributed by atoms with Crippen molar-refractivity contribution in [2.45, 2.75) is 6.04 Å². The molecule has 1 unspecified atom stereocenters. The first-order valence-corrected chi connectivity index (χ1v) is 7.08. The summed E-state index contributed by atoms with van der Waals surface area (Å²) in [5.74, 6) is 6.46. The molecule has 1 atom stereocenters. The number of thiophene rings is 1. The molecule has 3 rings (SSSR count). The number of rotatable bonds is 3. The molecule has 0 bridgehead atoms. The highest BCUT2D eigenvalue weighted by atomic mass is 79.9. The summed E-state index contributed by atoms with van der Waals surface area (Å²) in [6.07, 6.45) is 1.65. The predicted molar refractivity (Wildman–Crippen MR) is 77.4 cm³/mol. The monoisotopic (exact) mass is 322 g/mol. The number of hydrazine groups is 1. The fourth-order valence-electron chi connectivity index (χ4n) is 1.94. The molecule has 0 amide bonds. The lowest BCUT2D eigenvalue weighted by Crippen LogP contribution is -2.28. The van der Waals surface area contributed by atoms with Crippen LogP contribution in [0.1, 0.15) is 16.7 Å². The first kappa shape index (κ1) is 11.9. The molecule has 0 spiro atoms. The zero-order valence-corrected chi connectivity index (χ0v) is 11.8. The van der Waals surface area contributed by atoms with Crippen LogP contribution in [0, 0.1) is 0 Å². The number of halogens is 1. The molecule has 3 aromatic rings. The molecule has 3 nitrogen and oxygen atoms in total. The number of nitrogens with one attached hydrogen (secondary N) is 1. The molecule has 3 N–H and O–H groups in total. The van der Waals surface area contributed by atoms with E-state index in [2.05, 4.69) is 39.6 Å². The van der Waals surface area contributed by atoms with Gasteiger partial charge in [0.25, 0.3) is 0 Å². The van der Waals surface area contributed by atoms with Gasteiger partial charge in [0.2, 0.25) is 0 Å². The van der Waals surface area contributed by atoms with Gasteiger partial charge in [0.15, 0.2) is 0 Å². The maximum absolute atomic E-state index is 5.66. The predicted octanol–water partition coefficient (Wildman–Crippen LogP) is 3.81. The lowest BCUT2D eigenvalue weighted by molar-refractivity contribution is 0.453. The Morgan fingerprint density at radius 3 is 2.78 bits per heavy atom. The summed E-state index contributed by atoms with van der Waals surface area (Å²) >= 11 is 5.18. The highest BCUT2D eigenvalue weighted by Crippen LogP contribution is 2.35. The van der Waals surface area contributed by atoms with E-state index >= 15 is 0 Å². The Kier molecular flexibility index (Phi) is 3.22. The van der Waals surface area contributed by atoms with Crippen LogP contribution in [-0.2, 0) is 0 Å². The Morgan fingerprint density at radius 1 is 1.28 bits per heavy atom. The normalized spacial score (nSPS) is 13.0. The van der Waals surface area contributed by atoms with Gasteiger partial charge in [-0.2, -0.15) is 0 Å². The Morgan fingerprint density at radius 2 is 2.11 bits per heavy atom. The van der Waals surface area contributed by atoms with E-state index in [4.69, 9.17) is 10.3 Å². The van der Waals surface area contributed by atoms with Gasteiger partial charge in [0.05, 0.1) is 10.7 Å². The van der Waals surface area contributed by atoms with Crippen LogP contribution in [0.15, 0.2) is 51.6 Å². The van der Waals surface area contributed by atoms with Gasteiger partial charge in [-0.1, -0.05) is 18.2 Å². The molecule has 18 heavy (non-hydrogen) atoms. The standard InChI is InChI=1S/C13H11BrN2OS/c14-9-5-6-17-13(9)12(16-15)11-7-8-3-1-2-4-10(8)18-11/h1-7,12,16H,15H2. The summed E-state index contributed by atoms with van der Waals surface area (Å²) in [4.78, 5) is 1.13. The minimum Gasteiger partial charge on any atom is -0.466 e. The summed E-state index contributed by atoms with van der Waals surface area (Å²) in [7, 11) is 0. The topological polar surface area (TPSA) is 51.2 Å². The van der Waals surface area contributed by atoms with E-state index in [0.717, 1.165) is 15.1 Å². The molecule has 5 heteroatoms. The molecular formula is C13H11BrN2OS. The van der Waals surface area contributed by atoms with Gasteiger partial charge < -0.3 is 4.42 Å². The number of nitrogens with two attached hydrogens (primary N) is 1. The number of furan rings is 1. The first-order chi connectivity index (χ1) is 8.79. The Balaban J connectivity index is 2.09. The van der Waals surface area contributed by atoms with Crippen molar-refractivity contribution in [3.8, 4) is 0 Å². The third-order valence-corrected chi connectivity index (χ3v) is 4.64. The molecule has 0 aliphatic heterocycles. The maximum Gasteiger partial charge on any atom is 0.141 e. The lowest BCUT2D eigenvalue weighted by Gasteiger charge is -2.11. The molecular weight excluding hydrogens is 312 g/mol. The Labute approximate surface area is 117 Å². The largest absolute Gasteiger partial charge is 0.466 e. The first-order valence-electron chi connectivity index (χ1n) is 5.47. The van der Waals surface area contributed by atoms with Crippen molar-refractivity contribution in [1.29, 1.82) is 0 Å². The van der Waals surface area contributed by atoms with Gasteiger partial charge in [-0.05, 0) is 39.5 Å². The lowest BCUT2D eigenvalue weighted by atomic mass is 10.1. The van der Waals surface area contributed by atoms with Crippen LogP contribution in [0.25, 0.3) is 10.1 Å². The SMILES string of the molecule is NNC(c1cc2ccccc2s1)c1occc1Br. The molecule has 0 saturated heterocycles. The highest BCUT2D eigenvalue weighted by molar-refractivity contribution is 9.10. The zero-order valence-electron chi connectivity index (χ0n) is 9.39. The third kappa shape index (κ3) is 1.99. The van der Waals surface area contributed by atoms with Crippen LogP contribution in [0.3, 0.4) is 0 Å². The summed E-state index contributed by atoms with van der Waals surface area (Å²) in [5.41, 5.74) is 2.81. The van der Waals surface area contributed by atoms with Crippen LogP contribution in [-0.4, -0.2) is 0 Å². The van der Waals surface area contributed by atoms with Gasteiger partial charge in [-0.3, -0.25) is 5.84 Å². The zero-order chi connectivity index (χ0) is 12.5. The quantitative estimate of drug-likeness (QED) is 0.569. The molecule has 92 valence electrons. The van der Waals surface area contributed by atoms with Gasteiger partial charge in [0, 0.05) is 9.58 Å². The summed E-state index contributed by atoms with van der Waals surface area (Å²) in [6.45, 7) is 0. The summed E-state index contributed by atoms with van der Waals surface area (Å²) in [6, 6.07) is 12.1. The van der Waals surface area contributed by atoms with E-state index in [9.17, 15) is 0 Å². The number of hydrogen-bond acceptors (Lipinski definition) is 4. The van der Waals surface area contributed by atoms with Crippen molar-refractivity contribution in [2.75, 3.05) is 0 Å². The van der Waals surface area contributed by atoms with Crippen molar-refractivity contribution >= 4 is 37.4 Å².